The first kappa shape index (κ1) is 21.9. The van der Waals surface area contributed by atoms with Gasteiger partial charge in [-0.1, -0.05) is 65.8 Å². The molecular weight excluding hydrogens is 465 g/mol. The molecule has 0 aliphatic carbocycles. The van der Waals surface area contributed by atoms with Crippen LogP contribution in [0, 0.1) is 6.92 Å². The van der Waals surface area contributed by atoms with Gasteiger partial charge in [-0.25, -0.2) is 4.99 Å². The highest BCUT2D eigenvalue weighted by Gasteiger charge is 2.14. The van der Waals surface area contributed by atoms with Gasteiger partial charge in [0.1, 0.15) is 6.54 Å². The fourth-order valence-corrected chi connectivity index (χ4v) is 2.89. The molecule has 0 unspecified atom stereocenters. The predicted octanol–water partition coefficient (Wildman–Crippen LogP) is 3.88. The number of hydrogen-bond acceptors (Lipinski definition) is 4. The number of aliphatic imine (C=N–C) groups is 1. The van der Waals surface area contributed by atoms with Crippen molar-refractivity contribution in [2.45, 2.75) is 26.3 Å². The lowest BCUT2D eigenvalue weighted by Crippen LogP contribution is -2.39. The van der Waals surface area contributed by atoms with Crippen molar-refractivity contribution in [2.24, 2.45) is 4.99 Å². The van der Waals surface area contributed by atoms with E-state index in [0.717, 1.165) is 19.0 Å². The van der Waals surface area contributed by atoms with Crippen LogP contribution in [0.2, 0.25) is 0 Å². The van der Waals surface area contributed by atoms with Gasteiger partial charge in [-0.2, -0.15) is 4.98 Å². The molecule has 1 aromatic heterocycles. The fourth-order valence-electron chi connectivity index (χ4n) is 2.89. The molecule has 3 aromatic rings. The minimum absolute atomic E-state index is 0. The molecule has 3 rings (SSSR count). The van der Waals surface area contributed by atoms with E-state index in [0.29, 0.717) is 18.3 Å². The molecule has 6 nitrogen and oxygen atoms in total. The zero-order chi connectivity index (χ0) is 18.9. The summed E-state index contributed by atoms with van der Waals surface area (Å²) in [6, 6.07) is 21.0. The number of nitrogens with zero attached hydrogens (tertiary/aromatic N) is 3. The Bertz CT molecular complexity index is 812. The van der Waals surface area contributed by atoms with Crippen LogP contribution in [-0.4, -0.2) is 29.2 Å². The summed E-state index contributed by atoms with van der Waals surface area (Å²) in [6.07, 6.45) is 0. The van der Waals surface area contributed by atoms with Gasteiger partial charge in [0.2, 0.25) is 5.89 Å². The third-order valence-electron chi connectivity index (χ3n) is 4.17. The number of aryl methyl sites for hydroxylation is 1. The molecule has 0 bridgehead atoms. The lowest BCUT2D eigenvalue weighted by Gasteiger charge is -2.20. The first-order valence-corrected chi connectivity index (χ1v) is 9.17. The predicted molar refractivity (Wildman–Crippen MR) is 122 cm³/mol. The standard InChI is InChI=1S/C21H25N5O.HI/c1-3-22-21(24-15-20-25-16(2)27-26-20)23-14-19(17-10-6-4-7-11-17)18-12-8-5-9-13-18;/h4-13,19H,3,14-15H2,1-2H3,(H2,22,23,24);1H. The summed E-state index contributed by atoms with van der Waals surface area (Å²) in [5, 5.41) is 10.6. The average Bonchev–Trinajstić information content (AvgIpc) is 3.13. The number of halogens is 1. The first-order valence-electron chi connectivity index (χ1n) is 9.17. The van der Waals surface area contributed by atoms with Crippen molar-refractivity contribution in [2.75, 3.05) is 13.1 Å². The maximum Gasteiger partial charge on any atom is 0.223 e. The first-order chi connectivity index (χ1) is 13.3. The second-order valence-corrected chi connectivity index (χ2v) is 6.18. The van der Waals surface area contributed by atoms with Crippen LogP contribution in [-0.2, 0) is 6.54 Å². The summed E-state index contributed by atoms with van der Waals surface area (Å²) in [4.78, 5) is 8.76. The molecule has 28 heavy (non-hydrogen) atoms. The maximum atomic E-state index is 5.00. The Balaban J connectivity index is 0.00000280. The highest BCUT2D eigenvalue weighted by Crippen LogP contribution is 2.23. The Morgan fingerprint density at radius 2 is 1.61 bits per heavy atom. The number of nitrogens with one attached hydrogen (secondary N) is 2. The van der Waals surface area contributed by atoms with E-state index in [4.69, 9.17) is 4.52 Å². The molecule has 0 aliphatic heterocycles. The van der Waals surface area contributed by atoms with Gasteiger partial charge in [-0.05, 0) is 18.1 Å². The molecule has 0 fully saturated rings. The summed E-state index contributed by atoms with van der Waals surface area (Å²) in [5.74, 6) is 2.08. The van der Waals surface area contributed by atoms with Gasteiger partial charge in [0, 0.05) is 25.9 Å². The molecule has 0 atom stereocenters. The van der Waals surface area contributed by atoms with Crippen LogP contribution in [0.3, 0.4) is 0 Å². The number of aromatic nitrogens is 2. The van der Waals surface area contributed by atoms with Crippen molar-refractivity contribution >= 4 is 29.9 Å². The zero-order valence-corrected chi connectivity index (χ0v) is 18.5. The summed E-state index contributed by atoms with van der Waals surface area (Å²) in [7, 11) is 0. The van der Waals surface area contributed by atoms with Crippen LogP contribution in [0.25, 0.3) is 0 Å². The molecule has 0 radical (unpaired) electrons. The van der Waals surface area contributed by atoms with E-state index in [-0.39, 0.29) is 29.9 Å². The van der Waals surface area contributed by atoms with Gasteiger partial charge in [-0.3, -0.25) is 0 Å². The Morgan fingerprint density at radius 3 is 2.11 bits per heavy atom. The highest BCUT2D eigenvalue weighted by atomic mass is 127. The van der Waals surface area contributed by atoms with Crippen molar-refractivity contribution < 1.29 is 4.52 Å². The van der Waals surface area contributed by atoms with E-state index >= 15 is 0 Å². The highest BCUT2D eigenvalue weighted by molar-refractivity contribution is 14.0. The van der Waals surface area contributed by atoms with E-state index in [1.165, 1.54) is 11.1 Å². The van der Waals surface area contributed by atoms with Crippen molar-refractivity contribution in [3.63, 3.8) is 0 Å². The number of benzene rings is 2. The number of guanidine groups is 1. The molecule has 7 heteroatoms. The normalized spacial score (nSPS) is 11.2. The van der Waals surface area contributed by atoms with E-state index in [1.54, 1.807) is 6.92 Å². The molecule has 148 valence electrons. The zero-order valence-electron chi connectivity index (χ0n) is 16.1. The summed E-state index contributed by atoms with van der Waals surface area (Å²) >= 11 is 0. The fraction of sp³-hybridized carbons (Fsp3) is 0.286. The summed E-state index contributed by atoms with van der Waals surface area (Å²) in [5.41, 5.74) is 2.53. The van der Waals surface area contributed by atoms with Crippen LogP contribution in [0.1, 0.15) is 35.7 Å². The van der Waals surface area contributed by atoms with Crippen LogP contribution in [0.5, 0.6) is 0 Å². The topological polar surface area (TPSA) is 75.3 Å². The Hall–Kier alpha value is -2.42. The van der Waals surface area contributed by atoms with Gasteiger partial charge in [0.05, 0.1) is 0 Å². The van der Waals surface area contributed by atoms with Crippen LogP contribution in [0.4, 0.5) is 0 Å². The lowest BCUT2D eigenvalue weighted by molar-refractivity contribution is 0.387. The summed E-state index contributed by atoms with van der Waals surface area (Å²) < 4.78 is 5.00. The third kappa shape index (κ3) is 6.33. The van der Waals surface area contributed by atoms with Gasteiger partial charge in [-0.15, -0.1) is 24.0 Å². The Kier molecular flexibility index (Phi) is 8.93. The molecule has 1 heterocycles. The number of hydrogen-bond donors (Lipinski definition) is 2. The quantitative estimate of drug-likeness (QED) is 0.298. The molecule has 2 N–H and O–H groups in total. The number of rotatable bonds is 7. The third-order valence-corrected chi connectivity index (χ3v) is 4.17. The van der Waals surface area contributed by atoms with Crippen molar-refractivity contribution in [3.05, 3.63) is 83.5 Å². The van der Waals surface area contributed by atoms with Crippen LogP contribution in [0.15, 0.2) is 70.2 Å². The smallest absolute Gasteiger partial charge is 0.223 e. The molecule has 2 aromatic carbocycles. The van der Waals surface area contributed by atoms with Gasteiger partial charge < -0.3 is 15.2 Å². The monoisotopic (exact) mass is 491 g/mol. The van der Waals surface area contributed by atoms with Crippen molar-refractivity contribution in [3.8, 4) is 0 Å². The van der Waals surface area contributed by atoms with Gasteiger partial charge in [0.25, 0.3) is 0 Å². The summed E-state index contributed by atoms with van der Waals surface area (Å²) in [6.45, 7) is 5.69. The maximum absolute atomic E-state index is 5.00. The molecule has 0 spiro atoms. The van der Waals surface area contributed by atoms with E-state index in [2.05, 4.69) is 74.3 Å². The Labute approximate surface area is 182 Å². The van der Waals surface area contributed by atoms with Gasteiger partial charge in [0.15, 0.2) is 11.8 Å². The molecule has 0 saturated carbocycles. The molecule has 0 aliphatic rings. The second-order valence-electron chi connectivity index (χ2n) is 6.18. The van der Waals surface area contributed by atoms with Crippen molar-refractivity contribution in [1.82, 2.24) is 20.8 Å². The average molecular weight is 491 g/mol. The molecule has 0 saturated heterocycles. The minimum Gasteiger partial charge on any atom is -0.357 e. The SMILES string of the molecule is CCNC(=NCc1noc(C)n1)NCC(c1ccccc1)c1ccccc1.I. The Morgan fingerprint density at radius 1 is 1.00 bits per heavy atom. The van der Waals surface area contributed by atoms with Crippen LogP contribution >= 0.6 is 24.0 Å². The van der Waals surface area contributed by atoms with E-state index in [1.807, 2.05) is 19.1 Å². The van der Waals surface area contributed by atoms with Gasteiger partial charge >= 0.3 is 0 Å². The minimum atomic E-state index is 0. The van der Waals surface area contributed by atoms with Crippen molar-refractivity contribution in [1.29, 1.82) is 0 Å². The lowest BCUT2D eigenvalue weighted by atomic mass is 9.91. The molecule has 0 amide bonds. The molecular formula is C21H26IN5O. The second kappa shape index (κ2) is 11.4. The largest absolute Gasteiger partial charge is 0.357 e. The van der Waals surface area contributed by atoms with E-state index < -0.39 is 0 Å². The van der Waals surface area contributed by atoms with Crippen LogP contribution < -0.4 is 10.6 Å². The van der Waals surface area contributed by atoms with E-state index in [9.17, 15) is 0 Å².